The molecule has 3 heterocycles. The molecule has 5 nitrogen and oxygen atoms in total. The molecule has 5 heteroatoms. The number of amides is 1. The first-order valence-electron chi connectivity index (χ1n) is 7.46. The van der Waals surface area contributed by atoms with E-state index in [1.165, 1.54) is 0 Å². The second-order valence-electron chi connectivity index (χ2n) is 6.12. The van der Waals surface area contributed by atoms with Crippen molar-refractivity contribution >= 4 is 11.9 Å². The molecule has 3 rings (SSSR count). The van der Waals surface area contributed by atoms with Crippen molar-refractivity contribution in [3.63, 3.8) is 0 Å². The summed E-state index contributed by atoms with van der Waals surface area (Å²) in [5, 5.41) is 12.8. The summed E-state index contributed by atoms with van der Waals surface area (Å²) in [5.41, 5.74) is 0. The number of carbonyl (C=O) groups excluding carboxylic acids is 1. The van der Waals surface area contributed by atoms with E-state index in [-0.39, 0.29) is 17.9 Å². The number of aliphatic carboxylic acids is 1. The Balaban J connectivity index is 1.74. The van der Waals surface area contributed by atoms with E-state index in [9.17, 15) is 14.7 Å². The lowest BCUT2D eigenvalue weighted by atomic mass is 9.87. The first kappa shape index (κ1) is 12.9. The molecular formula is C14H22N2O3. The van der Waals surface area contributed by atoms with Gasteiger partial charge >= 0.3 is 5.97 Å². The van der Waals surface area contributed by atoms with E-state index in [0.29, 0.717) is 19.0 Å². The molecule has 3 saturated heterocycles. The first-order chi connectivity index (χ1) is 9.16. The number of fused-ring (bicyclic) bond motifs is 2. The summed E-state index contributed by atoms with van der Waals surface area (Å²) < 4.78 is 0. The van der Waals surface area contributed by atoms with E-state index in [1.54, 1.807) is 4.90 Å². The molecule has 106 valence electrons. The summed E-state index contributed by atoms with van der Waals surface area (Å²) in [4.78, 5) is 25.7. The van der Waals surface area contributed by atoms with Gasteiger partial charge in [0.15, 0.2) is 0 Å². The Morgan fingerprint density at radius 3 is 2.58 bits per heavy atom. The van der Waals surface area contributed by atoms with Gasteiger partial charge in [0.25, 0.3) is 0 Å². The van der Waals surface area contributed by atoms with Crippen LogP contribution in [0.4, 0.5) is 0 Å². The molecule has 0 spiro atoms. The number of nitrogens with zero attached hydrogens (tertiary/aromatic N) is 1. The Morgan fingerprint density at radius 1 is 1.11 bits per heavy atom. The van der Waals surface area contributed by atoms with Crippen LogP contribution in [0.15, 0.2) is 0 Å². The standard InChI is InChI=1S/C14H22N2O3/c17-13(10-8-9-5-6-11(10)15-9)16-7-3-1-2-4-12(16)14(18)19/h9-12,15H,1-8H2,(H,18,19). The largest absolute Gasteiger partial charge is 0.480 e. The van der Waals surface area contributed by atoms with Crippen molar-refractivity contribution in [2.45, 2.75) is 63.1 Å². The predicted molar refractivity (Wildman–Crippen MR) is 69.7 cm³/mol. The van der Waals surface area contributed by atoms with Gasteiger partial charge in [0.05, 0.1) is 5.92 Å². The van der Waals surface area contributed by atoms with Gasteiger partial charge in [-0.05, 0) is 32.1 Å². The number of carboxylic acids is 1. The van der Waals surface area contributed by atoms with E-state index in [0.717, 1.165) is 38.5 Å². The van der Waals surface area contributed by atoms with Crippen LogP contribution in [0.5, 0.6) is 0 Å². The van der Waals surface area contributed by atoms with Crippen molar-refractivity contribution in [2.75, 3.05) is 6.54 Å². The number of carboxylic acid groups (broad SMARTS) is 1. The number of carbonyl (C=O) groups is 2. The number of rotatable bonds is 2. The maximum atomic E-state index is 12.7. The Kier molecular flexibility index (Phi) is 3.48. The molecule has 4 atom stereocenters. The number of likely N-dealkylation sites (tertiary alicyclic amines) is 1. The minimum absolute atomic E-state index is 0.0127. The predicted octanol–water partition coefficient (Wildman–Crippen LogP) is 0.983. The highest BCUT2D eigenvalue weighted by atomic mass is 16.4. The van der Waals surface area contributed by atoms with Crippen LogP contribution in [0.25, 0.3) is 0 Å². The molecule has 0 aromatic carbocycles. The molecule has 3 aliphatic heterocycles. The highest BCUT2D eigenvalue weighted by Crippen LogP contribution is 2.35. The Morgan fingerprint density at radius 2 is 1.95 bits per heavy atom. The van der Waals surface area contributed by atoms with E-state index >= 15 is 0 Å². The summed E-state index contributed by atoms with van der Waals surface area (Å²) >= 11 is 0. The molecule has 0 saturated carbocycles. The molecule has 0 aromatic rings. The van der Waals surface area contributed by atoms with Crippen LogP contribution < -0.4 is 5.32 Å². The van der Waals surface area contributed by atoms with Crippen molar-refractivity contribution in [1.82, 2.24) is 10.2 Å². The lowest BCUT2D eigenvalue weighted by Gasteiger charge is -2.31. The fraction of sp³-hybridized carbons (Fsp3) is 0.857. The van der Waals surface area contributed by atoms with Crippen LogP contribution in [-0.4, -0.2) is 46.6 Å². The van der Waals surface area contributed by atoms with Gasteiger partial charge in [0, 0.05) is 18.6 Å². The fourth-order valence-corrected chi connectivity index (χ4v) is 3.94. The minimum atomic E-state index is -0.841. The second kappa shape index (κ2) is 5.12. The van der Waals surface area contributed by atoms with E-state index in [2.05, 4.69) is 5.32 Å². The fourth-order valence-electron chi connectivity index (χ4n) is 3.94. The van der Waals surface area contributed by atoms with Crippen LogP contribution in [0, 0.1) is 5.92 Å². The molecule has 2 N–H and O–H groups in total. The Labute approximate surface area is 113 Å². The molecule has 19 heavy (non-hydrogen) atoms. The van der Waals surface area contributed by atoms with Gasteiger partial charge in [-0.3, -0.25) is 4.79 Å². The van der Waals surface area contributed by atoms with Gasteiger partial charge in [0.2, 0.25) is 5.91 Å². The van der Waals surface area contributed by atoms with E-state index in [1.807, 2.05) is 0 Å². The summed E-state index contributed by atoms with van der Waals surface area (Å²) in [6.45, 7) is 0.615. The normalized spacial score (nSPS) is 38.2. The Bertz CT molecular complexity index is 385. The van der Waals surface area contributed by atoms with Gasteiger partial charge in [-0.15, -0.1) is 0 Å². The van der Waals surface area contributed by atoms with Crippen molar-refractivity contribution in [3.05, 3.63) is 0 Å². The first-order valence-corrected chi connectivity index (χ1v) is 7.46. The average Bonchev–Trinajstić information content (AvgIpc) is 2.92. The molecule has 1 amide bonds. The van der Waals surface area contributed by atoms with Gasteiger partial charge in [-0.1, -0.05) is 12.8 Å². The van der Waals surface area contributed by atoms with Crippen molar-refractivity contribution in [2.24, 2.45) is 5.92 Å². The molecule has 3 aliphatic rings. The SMILES string of the molecule is O=C(O)C1CCCCCN1C(=O)C1CC2CCC1N2. The molecule has 0 aromatic heterocycles. The maximum Gasteiger partial charge on any atom is 0.326 e. The molecule has 0 radical (unpaired) electrons. The topological polar surface area (TPSA) is 69.6 Å². The van der Waals surface area contributed by atoms with Gasteiger partial charge in [-0.25, -0.2) is 4.79 Å². The summed E-state index contributed by atoms with van der Waals surface area (Å²) in [5.74, 6) is -0.751. The van der Waals surface area contributed by atoms with Gasteiger partial charge in [-0.2, -0.15) is 0 Å². The zero-order chi connectivity index (χ0) is 13.4. The molecule has 0 aliphatic carbocycles. The van der Waals surface area contributed by atoms with Gasteiger partial charge in [0.1, 0.15) is 6.04 Å². The number of nitrogens with one attached hydrogen (secondary N) is 1. The van der Waals surface area contributed by atoms with E-state index in [4.69, 9.17) is 0 Å². The zero-order valence-electron chi connectivity index (χ0n) is 11.2. The van der Waals surface area contributed by atoms with E-state index < -0.39 is 12.0 Å². The van der Waals surface area contributed by atoms with Crippen LogP contribution in [0.3, 0.4) is 0 Å². The zero-order valence-corrected chi connectivity index (χ0v) is 11.2. The number of hydrogen-bond donors (Lipinski definition) is 2. The lowest BCUT2D eigenvalue weighted by Crippen LogP contribution is -2.49. The Hall–Kier alpha value is -1.10. The molecule has 3 fully saturated rings. The van der Waals surface area contributed by atoms with Crippen LogP contribution >= 0.6 is 0 Å². The molecular weight excluding hydrogens is 244 g/mol. The number of hydrogen-bond acceptors (Lipinski definition) is 3. The minimum Gasteiger partial charge on any atom is -0.480 e. The van der Waals surface area contributed by atoms with Crippen molar-refractivity contribution in [1.29, 1.82) is 0 Å². The lowest BCUT2D eigenvalue weighted by molar-refractivity contribution is -0.152. The van der Waals surface area contributed by atoms with Crippen molar-refractivity contribution in [3.8, 4) is 0 Å². The third-order valence-electron chi connectivity index (χ3n) is 4.94. The third kappa shape index (κ3) is 2.36. The van der Waals surface area contributed by atoms with Crippen LogP contribution in [0.2, 0.25) is 0 Å². The van der Waals surface area contributed by atoms with Crippen LogP contribution in [0.1, 0.15) is 44.9 Å². The summed E-state index contributed by atoms with van der Waals surface area (Å²) in [7, 11) is 0. The molecule has 2 bridgehead atoms. The second-order valence-corrected chi connectivity index (χ2v) is 6.12. The van der Waals surface area contributed by atoms with Crippen molar-refractivity contribution < 1.29 is 14.7 Å². The third-order valence-corrected chi connectivity index (χ3v) is 4.94. The smallest absolute Gasteiger partial charge is 0.326 e. The quantitative estimate of drug-likeness (QED) is 0.782. The van der Waals surface area contributed by atoms with Crippen LogP contribution in [-0.2, 0) is 9.59 Å². The highest BCUT2D eigenvalue weighted by molar-refractivity contribution is 5.86. The highest BCUT2D eigenvalue weighted by Gasteiger charge is 2.45. The maximum absolute atomic E-state index is 12.7. The molecule has 4 unspecified atom stereocenters. The van der Waals surface area contributed by atoms with Gasteiger partial charge < -0.3 is 15.3 Å². The monoisotopic (exact) mass is 266 g/mol. The summed E-state index contributed by atoms with van der Waals surface area (Å²) in [6, 6.07) is 0.165. The average molecular weight is 266 g/mol. The summed E-state index contributed by atoms with van der Waals surface area (Å²) in [6.07, 6.45) is 6.60.